The molecule has 3 nitrogen and oxygen atoms in total. The van der Waals surface area contributed by atoms with Crippen molar-refractivity contribution in [1.82, 2.24) is 9.78 Å². The molecule has 0 radical (unpaired) electrons. The van der Waals surface area contributed by atoms with Crippen molar-refractivity contribution in [3.63, 3.8) is 0 Å². The summed E-state index contributed by atoms with van der Waals surface area (Å²) in [5.41, 5.74) is 2.97. The van der Waals surface area contributed by atoms with Crippen LogP contribution in [0, 0.1) is 6.92 Å². The zero-order valence-electron chi connectivity index (χ0n) is 9.67. The van der Waals surface area contributed by atoms with Crippen molar-refractivity contribution in [2.24, 2.45) is 7.05 Å². The summed E-state index contributed by atoms with van der Waals surface area (Å²) in [7, 11) is 1.83. The highest BCUT2D eigenvalue weighted by Gasteiger charge is 2.10. The van der Waals surface area contributed by atoms with E-state index in [1.54, 1.807) is 4.68 Å². The van der Waals surface area contributed by atoms with Crippen LogP contribution < -0.4 is 5.32 Å². The third-order valence-electron chi connectivity index (χ3n) is 2.58. The summed E-state index contributed by atoms with van der Waals surface area (Å²) in [5.74, 6) is 0. The normalized spacial score (nSPS) is 10.6. The minimum absolute atomic E-state index is 0.653. The van der Waals surface area contributed by atoms with Crippen molar-refractivity contribution in [2.75, 3.05) is 5.32 Å². The number of nitrogens with zero attached hydrogens (tertiary/aromatic N) is 2. The molecule has 5 heteroatoms. The number of rotatable bonds is 3. The van der Waals surface area contributed by atoms with Gasteiger partial charge in [-0.2, -0.15) is 5.10 Å². The molecular weight excluding hydrogens is 257 g/mol. The van der Waals surface area contributed by atoms with Gasteiger partial charge < -0.3 is 5.32 Å². The number of aromatic nitrogens is 2. The van der Waals surface area contributed by atoms with Gasteiger partial charge in [0.25, 0.3) is 0 Å². The van der Waals surface area contributed by atoms with Crippen LogP contribution in [0.3, 0.4) is 0 Å². The average molecular weight is 270 g/mol. The van der Waals surface area contributed by atoms with Gasteiger partial charge >= 0.3 is 0 Å². The molecular formula is C12H13Cl2N3. The molecule has 0 saturated carbocycles. The van der Waals surface area contributed by atoms with E-state index in [0.717, 1.165) is 22.0 Å². The fourth-order valence-corrected chi connectivity index (χ4v) is 2.00. The number of hydrogen-bond acceptors (Lipinski definition) is 2. The molecule has 0 amide bonds. The zero-order valence-corrected chi connectivity index (χ0v) is 11.2. The van der Waals surface area contributed by atoms with E-state index >= 15 is 0 Å². The molecule has 0 atom stereocenters. The SMILES string of the molecule is Cc1nn(C)c(Cl)c1CNc1ccc(Cl)cc1. The van der Waals surface area contributed by atoms with Gasteiger partial charge in [-0.25, -0.2) is 0 Å². The molecule has 0 unspecified atom stereocenters. The Morgan fingerprint density at radius 3 is 2.41 bits per heavy atom. The second-order valence-corrected chi connectivity index (χ2v) is 4.63. The lowest BCUT2D eigenvalue weighted by atomic mass is 10.2. The molecule has 0 spiro atoms. The van der Waals surface area contributed by atoms with Crippen molar-refractivity contribution in [3.05, 3.63) is 45.7 Å². The van der Waals surface area contributed by atoms with Crippen LogP contribution in [0.5, 0.6) is 0 Å². The summed E-state index contributed by atoms with van der Waals surface area (Å²) in [6.45, 7) is 2.60. The van der Waals surface area contributed by atoms with Crippen molar-refractivity contribution in [2.45, 2.75) is 13.5 Å². The third kappa shape index (κ3) is 2.73. The molecule has 0 fully saturated rings. The summed E-state index contributed by atoms with van der Waals surface area (Å²) in [6, 6.07) is 7.56. The number of benzene rings is 1. The number of hydrogen-bond donors (Lipinski definition) is 1. The van der Waals surface area contributed by atoms with Gasteiger partial charge in [0.15, 0.2) is 0 Å². The smallest absolute Gasteiger partial charge is 0.131 e. The van der Waals surface area contributed by atoms with E-state index < -0.39 is 0 Å². The van der Waals surface area contributed by atoms with Crippen LogP contribution in [-0.4, -0.2) is 9.78 Å². The summed E-state index contributed by atoms with van der Waals surface area (Å²) < 4.78 is 1.68. The van der Waals surface area contributed by atoms with E-state index in [9.17, 15) is 0 Å². The Labute approximate surface area is 110 Å². The van der Waals surface area contributed by atoms with E-state index in [1.165, 1.54) is 0 Å². The maximum atomic E-state index is 6.14. The molecule has 90 valence electrons. The number of aryl methyl sites for hydroxylation is 2. The van der Waals surface area contributed by atoms with Crippen molar-refractivity contribution < 1.29 is 0 Å². The Hall–Kier alpha value is -1.19. The topological polar surface area (TPSA) is 29.9 Å². The van der Waals surface area contributed by atoms with Crippen molar-refractivity contribution in [1.29, 1.82) is 0 Å². The molecule has 2 aromatic rings. The minimum Gasteiger partial charge on any atom is -0.381 e. The predicted molar refractivity (Wildman–Crippen MR) is 71.7 cm³/mol. The van der Waals surface area contributed by atoms with Gasteiger partial charge in [-0.15, -0.1) is 0 Å². The Balaban J connectivity index is 2.09. The first-order chi connectivity index (χ1) is 8.08. The van der Waals surface area contributed by atoms with Gasteiger partial charge in [0.05, 0.1) is 5.69 Å². The van der Waals surface area contributed by atoms with Crippen LogP contribution in [0.4, 0.5) is 5.69 Å². The minimum atomic E-state index is 0.653. The first-order valence-electron chi connectivity index (χ1n) is 5.25. The summed E-state index contributed by atoms with van der Waals surface area (Å²) in [6.07, 6.45) is 0. The maximum Gasteiger partial charge on any atom is 0.131 e. The van der Waals surface area contributed by atoms with Gasteiger partial charge in [0.1, 0.15) is 5.15 Å². The molecule has 0 aliphatic carbocycles. The molecule has 2 rings (SSSR count). The monoisotopic (exact) mass is 269 g/mol. The summed E-state index contributed by atoms with van der Waals surface area (Å²) in [4.78, 5) is 0. The quantitative estimate of drug-likeness (QED) is 0.922. The molecule has 0 aliphatic heterocycles. The van der Waals surface area contributed by atoms with E-state index in [0.29, 0.717) is 11.7 Å². The van der Waals surface area contributed by atoms with Gasteiger partial charge in [-0.1, -0.05) is 23.2 Å². The molecule has 1 heterocycles. The van der Waals surface area contributed by atoms with Crippen molar-refractivity contribution >= 4 is 28.9 Å². The van der Waals surface area contributed by atoms with Crippen LogP contribution in [0.2, 0.25) is 10.2 Å². The second-order valence-electron chi connectivity index (χ2n) is 3.84. The lowest BCUT2D eigenvalue weighted by molar-refractivity contribution is 0.757. The number of halogens is 2. The highest BCUT2D eigenvalue weighted by molar-refractivity contribution is 6.30. The van der Waals surface area contributed by atoms with Crippen molar-refractivity contribution in [3.8, 4) is 0 Å². The zero-order chi connectivity index (χ0) is 12.4. The van der Waals surface area contributed by atoms with E-state index in [4.69, 9.17) is 23.2 Å². The maximum absolute atomic E-state index is 6.14. The molecule has 1 N–H and O–H groups in total. The lowest BCUT2D eigenvalue weighted by Gasteiger charge is -2.06. The molecule has 17 heavy (non-hydrogen) atoms. The van der Waals surface area contributed by atoms with Gasteiger partial charge in [-0.3, -0.25) is 4.68 Å². The summed E-state index contributed by atoms with van der Waals surface area (Å²) >= 11 is 12.0. The lowest BCUT2D eigenvalue weighted by Crippen LogP contribution is -2.00. The van der Waals surface area contributed by atoms with Crippen LogP contribution in [0.25, 0.3) is 0 Å². The van der Waals surface area contributed by atoms with Gasteiger partial charge in [0.2, 0.25) is 0 Å². The van der Waals surface area contributed by atoms with E-state index in [1.807, 2.05) is 38.2 Å². The van der Waals surface area contributed by atoms with Gasteiger partial charge in [-0.05, 0) is 31.2 Å². The van der Waals surface area contributed by atoms with Crippen LogP contribution >= 0.6 is 23.2 Å². The standard InChI is InChI=1S/C12H13Cl2N3/c1-8-11(12(14)17(2)16-8)7-15-10-5-3-9(13)4-6-10/h3-6,15H,7H2,1-2H3. The molecule has 0 aliphatic rings. The average Bonchev–Trinajstić information content (AvgIpc) is 2.54. The Morgan fingerprint density at radius 1 is 1.24 bits per heavy atom. The second kappa shape index (κ2) is 4.98. The fraction of sp³-hybridized carbons (Fsp3) is 0.250. The first-order valence-corrected chi connectivity index (χ1v) is 6.01. The molecule has 0 bridgehead atoms. The molecule has 1 aromatic heterocycles. The summed E-state index contributed by atoms with van der Waals surface area (Å²) in [5, 5.41) is 8.95. The van der Waals surface area contributed by atoms with Gasteiger partial charge in [0, 0.05) is 29.9 Å². The highest BCUT2D eigenvalue weighted by atomic mass is 35.5. The number of anilines is 1. The van der Waals surface area contributed by atoms with Crippen LogP contribution in [0.15, 0.2) is 24.3 Å². The fourth-order valence-electron chi connectivity index (χ4n) is 1.63. The third-order valence-corrected chi connectivity index (χ3v) is 3.31. The molecule has 1 aromatic carbocycles. The number of nitrogens with one attached hydrogen (secondary N) is 1. The predicted octanol–water partition coefficient (Wildman–Crippen LogP) is 3.65. The van der Waals surface area contributed by atoms with E-state index in [2.05, 4.69) is 10.4 Å². The largest absolute Gasteiger partial charge is 0.381 e. The van der Waals surface area contributed by atoms with Crippen LogP contribution in [-0.2, 0) is 13.6 Å². The Kier molecular flexibility index (Phi) is 3.60. The molecule has 0 saturated heterocycles. The Bertz CT molecular complexity index is 517. The van der Waals surface area contributed by atoms with Crippen LogP contribution in [0.1, 0.15) is 11.3 Å². The first kappa shape index (κ1) is 12.3. The Morgan fingerprint density at radius 2 is 1.88 bits per heavy atom. The highest BCUT2D eigenvalue weighted by Crippen LogP contribution is 2.20. The van der Waals surface area contributed by atoms with E-state index in [-0.39, 0.29) is 0 Å².